The van der Waals surface area contributed by atoms with Gasteiger partial charge in [-0.15, -0.1) is 0 Å². The van der Waals surface area contributed by atoms with Crippen molar-refractivity contribution in [2.24, 2.45) is 0 Å². The molecule has 1 saturated heterocycles. The summed E-state index contributed by atoms with van der Waals surface area (Å²) in [6.07, 6.45) is 5.12. The number of aromatic nitrogens is 1. The van der Waals surface area contributed by atoms with E-state index >= 15 is 0 Å². The van der Waals surface area contributed by atoms with Crippen LogP contribution in [0.3, 0.4) is 0 Å². The summed E-state index contributed by atoms with van der Waals surface area (Å²) < 4.78 is 31.9. The van der Waals surface area contributed by atoms with E-state index < -0.39 is 22.0 Å². The highest BCUT2D eigenvalue weighted by Gasteiger charge is 2.27. The number of carboxylic acids is 2. The molecular weight excluding hydrogens is 466 g/mol. The van der Waals surface area contributed by atoms with Gasteiger partial charge in [-0.05, 0) is 42.7 Å². The third-order valence-electron chi connectivity index (χ3n) is 4.96. The summed E-state index contributed by atoms with van der Waals surface area (Å²) in [4.78, 5) is 36.9. The maximum Gasteiger partial charge on any atom is 0.414 e. The Labute approximate surface area is 197 Å². The van der Waals surface area contributed by atoms with Crippen molar-refractivity contribution < 1.29 is 37.8 Å². The van der Waals surface area contributed by atoms with E-state index in [1.807, 2.05) is 6.07 Å². The van der Waals surface area contributed by atoms with Gasteiger partial charge in [-0.25, -0.2) is 22.3 Å². The Kier molecular flexibility index (Phi) is 9.95. The minimum absolute atomic E-state index is 0.0943. The molecular formula is C22H27N3O8S. The number of carbonyl (C=O) groups excluding carboxylic acids is 1. The predicted octanol–water partition coefficient (Wildman–Crippen LogP) is 1.31. The number of methoxy groups -OCH3 is 1. The lowest BCUT2D eigenvalue weighted by Gasteiger charge is -2.24. The van der Waals surface area contributed by atoms with Crippen LogP contribution in [0.5, 0.6) is 5.75 Å². The molecule has 1 aromatic carbocycles. The van der Waals surface area contributed by atoms with Gasteiger partial charge in [-0.2, -0.15) is 0 Å². The maximum atomic E-state index is 13.1. The second-order valence-electron chi connectivity index (χ2n) is 7.35. The van der Waals surface area contributed by atoms with Gasteiger partial charge < -0.3 is 19.8 Å². The fourth-order valence-electron chi connectivity index (χ4n) is 3.22. The third kappa shape index (κ3) is 8.12. The molecule has 2 aromatic rings. The zero-order valence-corrected chi connectivity index (χ0v) is 19.5. The summed E-state index contributed by atoms with van der Waals surface area (Å²) in [7, 11) is -1.84. The lowest BCUT2D eigenvalue weighted by molar-refractivity contribution is -0.159. The van der Waals surface area contributed by atoms with E-state index in [-0.39, 0.29) is 18.2 Å². The van der Waals surface area contributed by atoms with Crippen molar-refractivity contribution >= 4 is 27.9 Å². The van der Waals surface area contributed by atoms with Gasteiger partial charge in [0.25, 0.3) is 5.91 Å². The molecule has 3 rings (SSSR count). The number of carbonyl (C=O) groups is 3. The summed E-state index contributed by atoms with van der Waals surface area (Å²) in [5, 5.41) is 14.8. The molecule has 0 bridgehead atoms. The number of nitrogens with zero attached hydrogens (tertiary/aromatic N) is 3. The first-order chi connectivity index (χ1) is 16.1. The molecule has 0 aliphatic carbocycles. The number of amides is 1. The van der Waals surface area contributed by atoms with Crippen molar-refractivity contribution in [1.29, 1.82) is 0 Å². The molecule has 1 aliphatic rings. The molecule has 2 heterocycles. The minimum Gasteiger partial charge on any atom is -0.497 e. The van der Waals surface area contributed by atoms with E-state index in [0.717, 1.165) is 18.4 Å². The third-order valence-corrected chi connectivity index (χ3v) is 6.81. The van der Waals surface area contributed by atoms with Crippen molar-refractivity contribution in [3.05, 3.63) is 59.9 Å². The summed E-state index contributed by atoms with van der Waals surface area (Å²) in [5.74, 6) is -3.40. The van der Waals surface area contributed by atoms with Crippen LogP contribution in [0.2, 0.25) is 0 Å². The minimum atomic E-state index is -3.38. The first-order valence-corrected chi connectivity index (χ1v) is 12.0. The molecule has 11 nitrogen and oxygen atoms in total. The maximum absolute atomic E-state index is 13.1. The zero-order chi connectivity index (χ0) is 25.1. The number of hydrogen-bond donors (Lipinski definition) is 2. The fraction of sp³-hybridized carbons (Fsp3) is 0.364. The van der Waals surface area contributed by atoms with Crippen molar-refractivity contribution in [3.63, 3.8) is 0 Å². The van der Waals surface area contributed by atoms with Crippen LogP contribution in [0.15, 0.2) is 48.8 Å². The molecule has 34 heavy (non-hydrogen) atoms. The zero-order valence-electron chi connectivity index (χ0n) is 18.7. The highest BCUT2D eigenvalue weighted by atomic mass is 32.2. The average Bonchev–Trinajstić information content (AvgIpc) is 3.38. The Morgan fingerprint density at radius 3 is 2.32 bits per heavy atom. The Balaban J connectivity index is 0.000000604. The Hall–Kier alpha value is -3.51. The summed E-state index contributed by atoms with van der Waals surface area (Å²) in [6.45, 7) is 1.53. The lowest BCUT2D eigenvalue weighted by Crippen LogP contribution is -2.38. The first kappa shape index (κ1) is 26.7. The molecule has 2 N–H and O–H groups in total. The molecule has 0 radical (unpaired) electrons. The number of aliphatic carboxylic acids is 2. The van der Waals surface area contributed by atoms with Crippen molar-refractivity contribution in [2.45, 2.75) is 19.4 Å². The first-order valence-electron chi connectivity index (χ1n) is 10.4. The van der Waals surface area contributed by atoms with E-state index in [9.17, 15) is 13.2 Å². The van der Waals surface area contributed by atoms with Crippen LogP contribution >= 0.6 is 0 Å². The smallest absolute Gasteiger partial charge is 0.414 e. The Bertz CT molecular complexity index is 1070. The standard InChI is InChI=1S/C20H25N3O4S.C2H2O4/c1-27-19-8-4-7-18(14-19)20(24)22(16-17-6-5-9-21-15-17)12-13-28(25,26)23-10-2-3-11-23;3-1(4)2(5)6/h4-9,14-15H,2-3,10-13,16H2,1H3;(H,3,4)(H,5,6). The molecule has 0 unspecified atom stereocenters. The van der Waals surface area contributed by atoms with E-state index in [1.165, 1.54) is 4.31 Å². The molecule has 1 amide bonds. The molecule has 184 valence electrons. The van der Waals surface area contributed by atoms with Gasteiger partial charge in [0, 0.05) is 44.1 Å². The second kappa shape index (κ2) is 12.7. The molecule has 0 spiro atoms. The lowest BCUT2D eigenvalue weighted by atomic mass is 10.1. The van der Waals surface area contributed by atoms with Crippen LogP contribution in [0.4, 0.5) is 0 Å². The second-order valence-corrected chi connectivity index (χ2v) is 9.44. The SMILES string of the molecule is COc1cccc(C(=O)N(CCS(=O)(=O)N2CCCC2)Cc2cccnc2)c1.O=C(O)C(=O)O. The van der Waals surface area contributed by atoms with Gasteiger partial charge in [-0.3, -0.25) is 9.78 Å². The molecule has 1 aromatic heterocycles. The Morgan fingerprint density at radius 2 is 1.76 bits per heavy atom. The summed E-state index contributed by atoms with van der Waals surface area (Å²) >= 11 is 0. The van der Waals surface area contributed by atoms with Gasteiger partial charge >= 0.3 is 11.9 Å². The Morgan fingerprint density at radius 1 is 1.09 bits per heavy atom. The van der Waals surface area contributed by atoms with Crippen LogP contribution in [-0.4, -0.2) is 83.2 Å². The molecule has 1 fully saturated rings. The van der Waals surface area contributed by atoms with Crippen molar-refractivity contribution in [1.82, 2.24) is 14.2 Å². The van der Waals surface area contributed by atoms with Gasteiger partial charge in [-0.1, -0.05) is 12.1 Å². The highest BCUT2D eigenvalue weighted by Crippen LogP contribution is 2.17. The quantitative estimate of drug-likeness (QED) is 0.518. The van der Waals surface area contributed by atoms with E-state index in [2.05, 4.69) is 4.98 Å². The van der Waals surface area contributed by atoms with Crippen LogP contribution in [-0.2, 0) is 26.2 Å². The van der Waals surface area contributed by atoms with E-state index in [4.69, 9.17) is 24.5 Å². The fourth-order valence-corrected chi connectivity index (χ4v) is 4.75. The average molecular weight is 494 g/mol. The highest BCUT2D eigenvalue weighted by molar-refractivity contribution is 7.89. The number of rotatable bonds is 8. The van der Waals surface area contributed by atoms with E-state index in [0.29, 0.717) is 30.9 Å². The monoisotopic (exact) mass is 493 g/mol. The van der Waals surface area contributed by atoms with Gasteiger partial charge in [0.1, 0.15) is 5.75 Å². The number of sulfonamides is 1. The number of pyridine rings is 1. The van der Waals surface area contributed by atoms with Crippen LogP contribution in [0.1, 0.15) is 28.8 Å². The number of carboxylic acid groups (broad SMARTS) is 2. The number of ether oxygens (including phenoxy) is 1. The van der Waals surface area contributed by atoms with Crippen molar-refractivity contribution in [2.75, 3.05) is 32.5 Å². The van der Waals surface area contributed by atoms with Crippen molar-refractivity contribution in [3.8, 4) is 5.75 Å². The summed E-state index contributed by atoms with van der Waals surface area (Å²) in [5.41, 5.74) is 1.30. The van der Waals surface area contributed by atoms with Gasteiger partial charge in [0.05, 0.1) is 12.9 Å². The molecule has 0 atom stereocenters. The number of hydrogen-bond acceptors (Lipinski definition) is 7. The van der Waals surface area contributed by atoms with Gasteiger partial charge in [0.15, 0.2) is 0 Å². The molecule has 0 saturated carbocycles. The van der Waals surface area contributed by atoms with Gasteiger partial charge in [0.2, 0.25) is 10.0 Å². The normalized spacial score (nSPS) is 13.4. The van der Waals surface area contributed by atoms with E-state index in [1.54, 1.807) is 54.7 Å². The summed E-state index contributed by atoms with van der Waals surface area (Å²) in [6, 6.07) is 10.5. The molecule has 12 heteroatoms. The molecule has 1 aliphatic heterocycles. The van der Waals surface area contributed by atoms with Crippen LogP contribution in [0, 0.1) is 0 Å². The number of benzene rings is 1. The predicted molar refractivity (Wildman–Crippen MR) is 122 cm³/mol. The van der Waals surface area contributed by atoms with Crippen LogP contribution < -0.4 is 4.74 Å². The largest absolute Gasteiger partial charge is 0.497 e. The topological polar surface area (TPSA) is 154 Å². The van der Waals surface area contributed by atoms with Crippen LogP contribution in [0.25, 0.3) is 0 Å².